The van der Waals surface area contributed by atoms with Gasteiger partial charge in [-0.3, -0.25) is 19.3 Å². The second kappa shape index (κ2) is 10.3. The summed E-state index contributed by atoms with van der Waals surface area (Å²) in [6.45, 7) is 4.49. The number of benzene rings is 1. The molecule has 2 saturated carbocycles. The van der Waals surface area contributed by atoms with Gasteiger partial charge in [0.2, 0.25) is 5.91 Å². The highest BCUT2D eigenvalue weighted by atomic mass is 16.5. The Kier molecular flexibility index (Phi) is 6.94. The van der Waals surface area contributed by atoms with Crippen LogP contribution in [0.5, 0.6) is 0 Å². The van der Waals surface area contributed by atoms with Gasteiger partial charge in [0.25, 0.3) is 5.91 Å². The molecule has 37 heavy (non-hydrogen) atoms. The minimum Gasteiger partial charge on any atom is -0.377 e. The molecule has 3 saturated heterocycles. The lowest BCUT2D eigenvalue weighted by Crippen LogP contribution is -2.54. The Bertz CT molecular complexity index is 1010. The van der Waals surface area contributed by atoms with E-state index in [-0.39, 0.29) is 36.2 Å². The molecule has 9 nitrogen and oxygen atoms in total. The normalized spacial score (nSPS) is 29.5. The molecule has 1 N–H and O–H groups in total. The molecule has 3 heterocycles. The number of nitrogens with one attached hydrogen (secondary N) is 1. The number of piperazine rings is 1. The maximum Gasteiger partial charge on any atom is 0.251 e. The summed E-state index contributed by atoms with van der Waals surface area (Å²) >= 11 is 0. The largest absolute Gasteiger partial charge is 0.377 e. The second-order valence-corrected chi connectivity index (χ2v) is 11.2. The molecule has 2 aliphatic carbocycles. The highest BCUT2D eigenvalue weighted by Crippen LogP contribution is 2.34. The number of ether oxygens (including phenoxy) is 2. The zero-order valence-electron chi connectivity index (χ0n) is 21.6. The van der Waals surface area contributed by atoms with Crippen LogP contribution in [0.3, 0.4) is 0 Å². The highest BCUT2D eigenvalue weighted by molar-refractivity contribution is 5.99. The lowest BCUT2D eigenvalue weighted by atomic mass is 9.95. The highest BCUT2D eigenvalue weighted by Gasteiger charge is 2.54. The molecule has 5 aliphatic rings. The number of carbonyl (C=O) groups is 3. The average molecular weight is 511 g/mol. The molecule has 0 spiro atoms. The summed E-state index contributed by atoms with van der Waals surface area (Å²) in [6, 6.07) is 7.25. The van der Waals surface area contributed by atoms with Crippen molar-refractivity contribution < 1.29 is 23.9 Å². The van der Waals surface area contributed by atoms with Gasteiger partial charge in [-0.25, -0.2) is 0 Å². The summed E-state index contributed by atoms with van der Waals surface area (Å²) in [4.78, 5) is 46.3. The molecule has 9 heteroatoms. The summed E-state index contributed by atoms with van der Waals surface area (Å²) in [7, 11) is 1.58. The molecule has 4 atom stereocenters. The number of hydrogen-bond donors (Lipinski definition) is 1. The zero-order chi connectivity index (χ0) is 25.5. The summed E-state index contributed by atoms with van der Waals surface area (Å²) in [6.07, 6.45) is 5.78. The first kappa shape index (κ1) is 24.8. The van der Waals surface area contributed by atoms with Crippen LogP contribution in [0.25, 0.3) is 0 Å². The molecular weight excluding hydrogens is 472 g/mol. The van der Waals surface area contributed by atoms with Crippen molar-refractivity contribution in [2.24, 2.45) is 5.92 Å². The van der Waals surface area contributed by atoms with Crippen molar-refractivity contribution in [3.63, 3.8) is 0 Å². The van der Waals surface area contributed by atoms with Gasteiger partial charge in [-0.2, -0.15) is 0 Å². The quantitative estimate of drug-likeness (QED) is 0.594. The molecule has 1 aromatic carbocycles. The van der Waals surface area contributed by atoms with Crippen molar-refractivity contribution in [1.82, 2.24) is 15.1 Å². The summed E-state index contributed by atoms with van der Waals surface area (Å²) in [5, 5.41) is 3.06. The third-order valence-electron chi connectivity index (χ3n) is 9.02. The predicted molar refractivity (Wildman–Crippen MR) is 138 cm³/mol. The van der Waals surface area contributed by atoms with Gasteiger partial charge in [0.05, 0.1) is 6.54 Å². The van der Waals surface area contributed by atoms with Crippen molar-refractivity contribution in [2.75, 3.05) is 51.3 Å². The van der Waals surface area contributed by atoms with E-state index in [1.165, 1.54) is 12.8 Å². The smallest absolute Gasteiger partial charge is 0.251 e. The van der Waals surface area contributed by atoms with E-state index in [0.29, 0.717) is 12.1 Å². The number of anilines is 1. The van der Waals surface area contributed by atoms with Gasteiger partial charge in [-0.15, -0.1) is 0 Å². The molecule has 1 aromatic rings. The van der Waals surface area contributed by atoms with Gasteiger partial charge in [-0.1, -0.05) is 12.8 Å². The number of carbonyl (C=O) groups excluding carboxylic acids is 3. The lowest BCUT2D eigenvalue weighted by Gasteiger charge is -2.36. The van der Waals surface area contributed by atoms with E-state index in [0.717, 1.165) is 63.6 Å². The topological polar surface area (TPSA) is 91.4 Å². The number of Topliss-reactive ketones (excluding diaryl/α,β-unsaturated/α-hetero) is 1. The second-order valence-electron chi connectivity index (χ2n) is 11.2. The standard InChI is InChI=1S/C28H38N4O5/c1-36-23-16-32(25-22(33)17-37-26(23)25)28(35)24(18-4-2-3-5-18)29-27(34)19-6-8-20(9-7-19)30-12-14-31(15-13-30)21-10-11-21/h6-9,18,21,23-26H,2-5,10-17H2,1H3,(H,29,34)/t23-,24-,25+,26+/m0/s1. The van der Waals surface area contributed by atoms with E-state index < -0.39 is 18.2 Å². The number of fused-ring (bicyclic) bond motifs is 1. The number of ketones is 1. The van der Waals surface area contributed by atoms with Crippen LogP contribution in [-0.4, -0.2) is 104 Å². The predicted octanol–water partition coefficient (Wildman–Crippen LogP) is 1.45. The molecule has 5 fully saturated rings. The fourth-order valence-corrected chi connectivity index (χ4v) is 6.73. The molecule has 2 amide bonds. The van der Waals surface area contributed by atoms with Gasteiger partial charge in [-0.05, 0) is 55.9 Å². The molecule has 0 radical (unpaired) electrons. The van der Waals surface area contributed by atoms with Crippen molar-refractivity contribution >= 4 is 23.3 Å². The third kappa shape index (κ3) is 4.89. The summed E-state index contributed by atoms with van der Waals surface area (Å²) in [5.74, 6) is -0.471. The van der Waals surface area contributed by atoms with E-state index in [2.05, 4.69) is 15.1 Å². The monoisotopic (exact) mass is 510 g/mol. The van der Waals surface area contributed by atoms with Gasteiger partial charge in [0, 0.05) is 50.6 Å². The minimum absolute atomic E-state index is 0.00140. The van der Waals surface area contributed by atoms with Gasteiger partial charge >= 0.3 is 0 Å². The number of rotatable bonds is 7. The van der Waals surface area contributed by atoms with Crippen molar-refractivity contribution in [3.05, 3.63) is 29.8 Å². The van der Waals surface area contributed by atoms with E-state index >= 15 is 0 Å². The van der Waals surface area contributed by atoms with Gasteiger partial charge < -0.3 is 24.6 Å². The number of methoxy groups -OCH3 is 1. The van der Waals surface area contributed by atoms with Crippen LogP contribution in [-0.2, 0) is 19.1 Å². The Morgan fingerprint density at radius 3 is 2.38 bits per heavy atom. The van der Waals surface area contributed by atoms with Crippen molar-refractivity contribution in [2.45, 2.75) is 68.9 Å². The summed E-state index contributed by atoms with van der Waals surface area (Å²) < 4.78 is 11.2. The number of nitrogens with zero attached hydrogens (tertiary/aromatic N) is 3. The van der Waals surface area contributed by atoms with E-state index in [1.807, 2.05) is 24.3 Å². The lowest BCUT2D eigenvalue weighted by molar-refractivity contribution is -0.139. The van der Waals surface area contributed by atoms with Crippen molar-refractivity contribution in [1.29, 1.82) is 0 Å². The molecule has 3 aliphatic heterocycles. The maximum atomic E-state index is 13.8. The first-order valence-corrected chi connectivity index (χ1v) is 13.9. The van der Waals surface area contributed by atoms with Gasteiger partial charge in [0.1, 0.15) is 30.9 Å². The number of hydrogen-bond acceptors (Lipinski definition) is 7. The molecule has 6 rings (SSSR count). The Morgan fingerprint density at radius 1 is 1.03 bits per heavy atom. The van der Waals surface area contributed by atoms with Crippen LogP contribution >= 0.6 is 0 Å². The van der Waals surface area contributed by atoms with E-state index in [1.54, 1.807) is 12.0 Å². The molecule has 0 unspecified atom stereocenters. The molecule has 200 valence electrons. The Balaban J connectivity index is 1.13. The maximum absolute atomic E-state index is 13.8. The first-order chi connectivity index (χ1) is 18.0. The number of amides is 2. The molecule has 0 bridgehead atoms. The Labute approximate surface area is 218 Å². The Hall–Kier alpha value is -2.49. The van der Waals surface area contributed by atoms with Crippen LogP contribution in [0.2, 0.25) is 0 Å². The van der Waals surface area contributed by atoms with Crippen LogP contribution in [0.1, 0.15) is 48.9 Å². The SMILES string of the molecule is CO[C@H]1CN(C(=O)[C@@H](NC(=O)c2ccc(N3CCN(C4CC4)CC3)cc2)C2CCCC2)[C@@H]2C(=O)CO[C@H]12. The average Bonchev–Trinajstić information content (AvgIpc) is 3.32. The van der Waals surface area contributed by atoms with Crippen LogP contribution in [0, 0.1) is 5.92 Å². The van der Waals surface area contributed by atoms with Crippen LogP contribution in [0.4, 0.5) is 5.69 Å². The third-order valence-corrected chi connectivity index (χ3v) is 9.02. The zero-order valence-corrected chi connectivity index (χ0v) is 21.6. The van der Waals surface area contributed by atoms with Crippen LogP contribution in [0.15, 0.2) is 24.3 Å². The van der Waals surface area contributed by atoms with E-state index in [4.69, 9.17) is 9.47 Å². The molecule has 0 aromatic heterocycles. The van der Waals surface area contributed by atoms with Crippen molar-refractivity contribution in [3.8, 4) is 0 Å². The van der Waals surface area contributed by atoms with Crippen LogP contribution < -0.4 is 10.2 Å². The molecular formula is C28H38N4O5. The van der Waals surface area contributed by atoms with E-state index in [9.17, 15) is 14.4 Å². The van der Waals surface area contributed by atoms with Gasteiger partial charge in [0.15, 0.2) is 5.78 Å². The number of likely N-dealkylation sites (tertiary alicyclic amines) is 1. The first-order valence-electron chi connectivity index (χ1n) is 13.9. The Morgan fingerprint density at radius 2 is 1.73 bits per heavy atom. The fourth-order valence-electron chi connectivity index (χ4n) is 6.73. The fraction of sp³-hybridized carbons (Fsp3) is 0.679. The minimum atomic E-state index is -0.658. The summed E-state index contributed by atoms with van der Waals surface area (Å²) in [5.41, 5.74) is 1.68.